The van der Waals surface area contributed by atoms with Gasteiger partial charge in [-0.3, -0.25) is 4.68 Å². The van der Waals surface area contributed by atoms with E-state index in [0.29, 0.717) is 12.5 Å². The summed E-state index contributed by atoms with van der Waals surface area (Å²) in [5.74, 6) is 1.34. The summed E-state index contributed by atoms with van der Waals surface area (Å²) in [6.07, 6.45) is 5.49. The molecule has 17 heavy (non-hydrogen) atoms. The summed E-state index contributed by atoms with van der Waals surface area (Å²) < 4.78 is 2.60. The fraction of sp³-hybridized carbons (Fsp3) is 0.300. The second-order valence-electron chi connectivity index (χ2n) is 3.52. The van der Waals surface area contributed by atoms with Gasteiger partial charge in [-0.15, -0.1) is 0 Å². The van der Waals surface area contributed by atoms with E-state index in [4.69, 9.17) is 0 Å². The van der Waals surface area contributed by atoms with Crippen molar-refractivity contribution in [3.63, 3.8) is 0 Å². The number of aryl methyl sites for hydroxylation is 1. The maximum Gasteiger partial charge on any atom is 0.224 e. The zero-order valence-electron chi connectivity index (χ0n) is 9.61. The molecule has 7 heteroatoms. The third kappa shape index (κ3) is 2.94. The molecule has 0 amide bonds. The second-order valence-corrected chi connectivity index (χ2v) is 4.37. The van der Waals surface area contributed by atoms with Crippen molar-refractivity contribution < 1.29 is 0 Å². The third-order valence-corrected chi connectivity index (χ3v) is 2.77. The number of aromatic nitrogens is 4. The third-order valence-electron chi connectivity index (χ3n) is 2.19. The highest BCUT2D eigenvalue weighted by atomic mass is 79.9. The lowest BCUT2D eigenvalue weighted by molar-refractivity contribution is 0.767. The maximum atomic E-state index is 4.31. The highest BCUT2D eigenvalue weighted by molar-refractivity contribution is 9.10. The molecule has 0 aliphatic heterocycles. The summed E-state index contributed by atoms with van der Waals surface area (Å²) in [7, 11) is 3.68. The molecule has 0 spiro atoms. The first kappa shape index (κ1) is 11.8. The molecule has 0 atom stereocenters. The molecule has 6 nitrogen and oxygen atoms in total. The highest BCUT2D eigenvalue weighted by Crippen LogP contribution is 2.20. The van der Waals surface area contributed by atoms with Crippen LogP contribution in [0.2, 0.25) is 0 Å². The topological polar surface area (TPSA) is 67.7 Å². The van der Waals surface area contributed by atoms with Crippen LogP contribution in [0.15, 0.2) is 23.1 Å². The van der Waals surface area contributed by atoms with Gasteiger partial charge < -0.3 is 10.6 Å². The van der Waals surface area contributed by atoms with Gasteiger partial charge in [-0.2, -0.15) is 10.1 Å². The summed E-state index contributed by atoms with van der Waals surface area (Å²) in [6, 6.07) is 0. The lowest BCUT2D eigenvalue weighted by Gasteiger charge is -2.07. The Morgan fingerprint density at radius 3 is 2.88 bits per heavy atom. The summed E-state index contributed by atoms with van der Waals surface area (Å²) in [5.41, 5.74) is 1.10. The fourth-order valence-electron chi connectivity index (χ4n) is 1.36. The van der Waals surface area contributed by atoms with Crippen molar-refractivity contribution in [1.29, 1.82) is 0 Å². The van der Waals surface area contributed by atoms with E-state index in [9.17, 15) is 0 Å². The monoisotopic (exact) mass is 296 g/mol. The lowest BCUT2D eigenvalue weighted by Crippen LogP contribution is -2.04. The zero-order valence-corrected chi connectivity index (χ0v) is 11.2. The van der Waals surface area contributed by atoms with Crippen molar-refractivity contribution in [3.05, 3.63) is 28.6 Å². The predicted octanol–water partition coefficient (Wildman–Crippen LogP) is 1.63. The van der Waals surface area contributed by atoms with Gasteiger partial charge in [0.15, 0.2) is 0 Å². The SMILES string of the molecule is CNc1ncc(Br)c(NCc2cnn(C)c2)n1. The molecule has 0 fully saturated rings. The average Bonchev–Trinajstić information content (AvgIpc) is 2.74. The molecule has 2 rings (SSSR count). The Bertz CT molecular complexity index is 509. The molecular weight excluding hydrogens is 284 g/mol. The van der Waals surface area contributed by atoms with Crippen molar-refractivity contribution in [2.24, 2.45) is 7.05 Å². The van der Waals surface area contributed by atoms with Crippen molar-refractivity contribution in [3.8, 4) is 0 Å². The molecule has 0 unspecified atom stereocenters. The Morgan fingerprint density at radius 2 is 2.24 bits per heavy atom. The number of nitrogens with zero attached hydrogens (tertiary/aromatic N) is 4. The Kier molecular flexibility index (Phi) is 3.58. The van der Waals surface area contributed by atoms with E-state index < -0.39 is 0 Å². The number of halogens is 1. The lowest BCUT2D eigenvalue weighted by atomic mass is 10.3. The van der Waals surface area contributed by atoms with Crippen LogP contribution in [0.25, 0.3) is 0 Å². The van der Waals surface area contributed by atoms with E-state index in [1.165, 1.54) is 0 Å². The van der Waals surface area contributed by atoms with Gasteiger partial charge in [0.05, 0.1) is 10.7 Å². The molecule has 2 heterocycles. The van der Waals surface area contributed by atoms with Gasteiger partial charge >= 0.3 is 0 Å². The molecule has 0 aliphatic rings. The summed E-state index contributed by atoms with van der Waals surface area (Å²) in [5, 5.41) is 10.2. The molecule has 2 N–H and O–H groups in total. The minimum absolute atomic E-state index is 0.585. The van der Waals surface area contributed by atoms with Crippen molar-refractivity contribution in [2.75, 3.05) is 17.7 Å². The van der Waals surface area contributed by atoms with Crippen LogP contribution >= 0.6 is 15.9 Å². The van der Waals surface area contributed by atoms with Crippen molar-refractivity contribution in [2.45, 2.75) is 6.54 Å². The normalized spacial score (nSPS) is 10.3. The highest BCUT2D eigenvalue weighted by Gasteiger charge is 2.04. The molecular formula is C10H13BrN6. The van der Waals surface area contributed by atoms with Crippen LogP contribution in [0.1, 0.15) is 5.56 Å². The number of nitrogens with one attached hydrogen (secondary N) is 2. The average molecular weight is 297 g/mol. The standard InChI is InChI=1S/C10H13BrN6/c1-12-10-14-5-8(11)9(16-10)13-3-7-4-15-17(2)6-7/h4-6H,3H2,1-2H3,(H2,12,13,14,16). The van der Waals surface area contributed by atoms with Crippen LogP contribution in [0.4, 0.5) is 11.8 Å². The van der Waals surface area contributed by atoms with Gasteiger partial charge in [-0.1, -0.05) is 0 Å². The van der Waals surface area contributed by atoms with E-state index in [-0.39, 0.29) is 0 Å². The first-order chi connectivity index (χ1) is 8.19. The van der Waals surface area contributed by atoms with Gasteiger partial charge in [-0.25, -0.2) is 4.98 Å². The van der Waals surface area contributed by atoms with Crippen LogP contribution in [-0.2, 0) is 13.6 Å². The number of rotatable bonds is 4. The minimum atomic E-state index is 0.585. The number of hydrogen-bond donors (Lipinski definition) is 2. The second kappa shape index (κ2) is 5.13. The van der Waals surface area contributed by atoms with E-state index in [1.54, 1.807) is 17.9 Å². The zero-order chi connectivity index (χ0) is 12.3. The molecule has 90 valence electrons. The summed E-state index contributed by atoms with van der Waals surface area (Å²) >= 11 is 3.40. The van der Waals surface area contributed by atoms with Crippen LogP contribution in [0.5, 0.6) is 0 Å². The van der Waals surface area contributed by atoms with E-state index in [2.05, 4.69) is 41.6 Å². The smallest absolute Gasteiger partial charge is 0.224 e. The maximum absolute atomic E-state index is 4.31. The predicted molar refractivity (Wildman–Crippen MR) is 69.8 cm³/mol. The summed E-state index contributed by atoms with van der Waals surface area (Å²) in [6.45, 7) is 0.673. The molecule has 0 bridgehead atoms. The van der Waals surface area contributed by atoms with Gasteiger partial charge in [-0.05, 0) is 15.9 Å². The van der Waals surface area contributed by atoms with Crippen molar-refractivity contribution >= 4 is 27.7 Å². The van der Waals surface area contributed by atoms with E-state index >= 15 is 0 Å². The van der Waals surface area contributed by atoms with Crippen molar-refractivity contribution in [1.82, 2.24) is 19.7 Å². The Balaban J connectivity index is 2.07. The van der Waals surface area contributed by atoms with Gasteiger partial charge in [0, 0.05) is 38.6 Å². The first-order valence-corrected chi connectivity index (χ1v) is 5.90. The Labute approximate surface area is 108 Å². The molecule has 2 aromatic heterocycles. The van der Waals surface area contributed by atoms with Crippen LogP contribution in [-0.4, -0.2) is 26.8 Å². The molecule has 0 radical (unpaired) electrons. The Hall–Kier alpha value is -1.63. The molecule has 0 saturated heterocycles. The minimum Gasteiger partial charge on any atom is -0.365 e. The Morgan fingerprint density at radius 1 is 1.41 bits per heavy atom. The number of hydrogen-bond acceptors (Lipinski definition) is 5. The number of anilines is 2. The van der Waals surface area contributed by atoms with E-state index in [0.717, 1.165) is 15.9 Å². The van der Waals surface area contributed by atoms with Crippen LogP contribution in [0, 0.1) is 0 Å². The van der Waals surface area contributed by atoms with Gasteiger partial charge in [0.1, 0.15) is 5.82 Å². The summed E-state index contributed by atoms with van der Waals surface area (Å²) in [4.78, 5) is 8.40. The van der Waals surface area contributed by atoms with Crippen LogP contribution in [0.3, 0.4) is 0 Å². The fourth-order valence-corrected chi connectivity index (χ4v) is 1.69. The molecule has 0 aromatic carbocycles. The van der Waals surface area contributed by atoms with Gasteiger partial charge in [0.2, 0.25) is 5.95 Å². The first-order valence-electron chi connectivity index (χ1n) is 5.10. The van der Waals surface area contributed by atoms with Crippen LogP contribution < -0.4 is 10.6 Å². The quantitative estimate of drug-likeness (QED) is 0.897. The molecule has 2 aromatic rings. The molecule has 0 aliphatic carbocycles. The largest absolute Gasteiger partial charge is 0.365 e. The van der Waals surface area contributed by atoms with Gasteiger partial charge in [0.25, 0.3) is 0 Å². The van der Waals surface area contributed by atoms with E-state index in [1.807, 2.05) is 19.4 Å². The molecule has 0 saturated carbocycles.